The summed E-state index contributed by atoms with van der Waals surface area (Å²) in [4.78, 5) is 27.3. The van der Waals surface area contributed by atoms with Crippen molar-refractivity contribution >= 4 is 46.5 Å². The highest BCUT2D eigenvalue weighted by Gasteiger charge is 2.07. The van der Waals surface area contributed by atoms with Crippen molar-refractivity contribution in [3.05, 3.63) is 65.6 Å². The van der Waals surface area contributed by atoms with Gasteiger partial charge in [-0.1, -0.05) is 17.7 Å². The lowest BCUT2D eigenvalue weighted by Crippen LogP contribution is -2.08. The summed E-state index contributed by atoms with van der Waals surface area (Å²) in [6.45, 7) is 1.44. The molecule has 0 aliphatic rings. The summed E-state index contributed by atoms with van der Waals surface area (Å²) in [6.07, 6.45) is 4.83. The van der Waals surface area contributed by atoms with Gasteiger partial charge in [0.2, 0.25) is 11.8 Å². The molecule has 0 unspecified atom stereocenters. The van der Waals surface area contributed by atoms with Crippen LogP contribution in [0.3, 0.4) is 0 Å². The van der Waals surface area contributed by atoms with Crippen LogP contribution >= 0.6 is 11.6 Å². The van der Waals surface area contributed by atoms with E-state index in [-0.39, 0.29) is 11.8 Å². The molecule has 2 amide bonds. The van der Waals surface area contributed by atoms with Crippen LogP contribution in [0.2, 0.25) is 5.15 Å². The van der Waals surface area contributed by atoms with E-state index in [1.807, 2.05) is 24.4 Å². The van der Waals surface area contributed by atoms with Crippen LogP contribution in [0.4, 0.5) is 11.4 Å². The minimum atomic E-state index is -0.297. The van der Waals surface area contributed by atoms with Crippen molar-refractivity contribution in [1.82, 2.24) is 9.38 Å². The van der Waals surface area contributed by atoms with Crippen LogP contribution in [0.15, 0.2) is 54.7 Å². The number of halogens is 1. The van der Waals surface area contributed by atoms with Crippen LogP contribution in [0.5, 0.6) is 0 Å². The second-order valence-electron chi connectivity index (χ2n) is 5.30. The molecule has 126 valence electrons. The number of fused-ring (bicyclic) bond motifs is 1. The highest BCUT2D eigenvalue weighted by Crippen LogP contribution is 2.19. The summed E-state index contributed by atoms with van der Waals surface area (Å²) in [7, 11) is 0. The summed E-state index contributed by atoms with van der Waals surface area (Å²) in [5.74, 6) is -0.446. The first-order valence-electron chi connectivity index (χ1n) is 7.52. The normalized spacial score (nSPS) is 11.0. The number of nitrogens with zero attached hydrogens (tertiary/aromatic N) is 2. The van der Waals surface area contributed by atoms with Crippen LogP contribution in [0, 0.1) is 0 Å². The lowest BCUT2D eigenvalue weighted by atomic mass is 10.2. The fourth-order valence-corrected chi connectivity index (χ4v) is 2.55. The summed E-state index contributed by atoms with van der Waals surface area (Å²) >= 11 is 6.12. The second kappa shape index (κ2) is 7.19. The van der Waals surface area contributed by atoms with Crippen molar-refractivity contribution < 1.29 is 9.59 Å². The molecule has 0 saturated carbocycles. The number of rotatable bonds is 4. The van der Waals surface area contributed by atoms with E-state index in [4.69, 9.17) is 11.6 Å². The molecular formula is C18H15ClN4O2. The number of pyridine rings is 1. The smallest absolute Gasteiger partial charge is 0.248 e. The Kier molecular flexibility index (Phi) is 4.81. The van der Waals surface area contributed by atoms with Gasteiger partial charge in [0, 0.05) is 30.6 Å². The predicted octanol–water partition coefficient (Wildman–Crippen LogP) is 3.60. The topological polar surface area (TPSA) is 75.5 Å². The molecule has 0 aliphatic heterocycles. The van der Waals surface area contributed by atoms with Gasteiger partial charge in [0.25, 0.3) is 0 Å². The predicted molar refractivity (Wildman–Crippen MR) is 98.6 cm³/mol. The number of hydrogen-bond acceptors (Lipinski definition) is 3. The van der Waals surface area contributed by atoms with Gasteiger partial charge in [0.15, 0.2) is 5.15 Å². The zero-order valence-corrected chi connectivity index (χ0v) is 14.1. The molecule has 0 spiro atoms. The second-order valence-corrected chi connectivity index (χ2v) is 5.66. The van der Waals surface area contributed by atoms with Gasteiger partial charge in [-0.3, -0.25) is 14.0 Å². The van der Waals surface area contributed by atoms with E-state index in [2.05, 4.69) is 15.6 Å². The minimum absolute atomic E-state index is 0.148. The van der Waals surface area contributed by atoms with E-state index in [0.717, 1.165) is 0 Å². The van der Waals surface area contributed by atoms with Gasteiger partial charge in [0.05, 0.1) is 5.69 Å². The van der Waals surface area contributed by atoms with Crippen molar-refractivity contribution in [1.29, 1.82) is 0 Å². The van der Waals surface area contributed by atoms with Gasteiger partial charge in [-0.25, -0.2) is 4.98 Å². The number of benzene rings is 1. The first kappa shape index (κ1) is 16.7. The maximum atomic E-state index is 12.1. The van der Waals surface area contributed by atoms with E-state index < -0.39 is 0 Å². The molecule has 0 bridgehead atoms. The molecule has 6 nitrogen and oxygen atoms in total. The van der Waals surface area contributed by atoms with Crippen LogP contribution in [0.25, 0.3) is 11.7 Å². The van der Waals surface area contributed by atoms with E-state index in [9.17, 15) is 9.59 Å². The Bertz CT molecular complexity index is 961. The monoisotopic (exact) mass is 354 g/mol. The Hall–Kier alpha value is -3.12. The first-order valence-corrected chi connectivity index (χ1v) is 7.90. The number of hydrogen-bond donors (Lipinski definition) is 2. The Labute approximate surface area is 149 Å². The number of amides is 2. The molecule has 0 aliphatic carbocycles. The molecule has 0 atom stereocenters. The van der Waals surface area contributed by atoms with E-state index in [0.29, 0.717) is 27.9 Å². The zero-order chi connectivity index (χ0) is 17.8. The maximum Gasteiger partial charge on any atom is 0.248 e. The Morgan fingerprint density at radius 2 is 1.76 bits per heavy atom. The Balaban J connectivity index is 1.70. The molecule has 0 saturated heterocycles. The molecule has 1 aromatic carbocycles. The number of anilines is 2. The zero-order valence-electron chi connectivity index (χ0n) is 13.4. The highest BCUT2D eigenvalue weighted by atomic mass is 35.5. The Morgan fingerprint density at radius 3 is 2.44 bits per heavy atom. The van der Waals surface area contributed by atoms with E-state index in [1.165, 1.54) is 13.0 Å². The van der Waals surface area contributed by atoms with Gasteiger partial charge in [-0.15, -0.1) is 0 Å². The molecule has 3 aromatic rings. The molecule has 0 radical (unpaired) electrons. The number of aromatic nitrogens is 2. The minimum Gasteiger partial charge on any atom is -0.326 e. The van der Waals surface area contributed by atoms with Gasteiger partial charge >= 0.3 is 0 Å². The standard InChI is InChI=1S/C18H15ClN4O2/c1-12(24)20-13-5-7-14(8-6-13)21-17(25)10-9-15-18(19)22-16-4-2-3-11-23(15)16/h2-11H,1H3,(H,20,24)(H,21,25). The van der Waals surface area contributed by atoms with Crippen molar-refractivity contribution in [2.45, 2.75) is 6.92 Å². The van der Waals surface area contributed by atoms with E-state index in [1.54, 1.807) is 34.7 Å². The number of carbonyl (C=O) groups is 2. The van der Waals surface area contributed by atoms with Crippen LogP contribution in [-0.2, 0) is 9.59 Å². The molecule has 2 heterocycles. The van der Waals surface area contributed by atoms with Crippen molar-refractivity contribution in [3.63, 3.8) is 0 Å². The molecule has 7 heteroatoms. The van der Waals surface area contributed by atoms with Gasteiger partial charge in [-0.05, 0) is 42.5 Å². The van der Waals surface area contributed by atoms with E-state index >= 15 is 0 Å². The van der Waals surface area contributed by atoms with Crippen molar-refractivity contribution in [3.8, 4) is 0 Å². The fourth-order valence-electron chi connectivity index (χ4n) is 2.31. The van der Waals surface area contributed by atoms with Gasteiger partial charge in [-0.2, -0.15) is 0 Å². The molecule has 3 rings (SSSR count). The van der Waals surface area contributed by atoms with Crippen molar-refractivity contribution in [2.24, 2.45) is 0 Å². The fraction of sp³-hybridized carbons (Fsp3) is 0.0556. The first-order chi connectivity index (χ1) is 12.0. The Morgan fingerprint density at radius 1 is 1.08 bits per heavy atom. The van der Waals surface area contributed by atoms with Crippen LogP contribution in [0.1, 0.15) is 12.6 Å². The summed E-state index contributed by atoms with van der Waals surface area (Å²) < 4.78 is 1.80. The van der Waals surface area contributed by atoms with Crippen molar-refractivity contribution in [2.75, 3.05) is 10.6 Å². The van der Waals surface area contributed by atoms with Crippen LogP contribution < -0.4 is 10.6 Å². The summed E-state index contributed by atoms with van der Waals surface area (Å²) in [5.41, 5.74) is 2.63. The summed E-state index contributed by atoms with van der Waals surface area (Å²) in [6, 6.07) is 12.4. The SMILES string of the molecule is CC(=O)Nc1ccc(NC(=O)C=Cc2c(Cl)nc3ccccn23)cc1. The molecule has 2 N–H and O–H groups in total. The third kappa shape index (κ3) is 4.05. The number of carbonyl (C=O) groups excluding carboxylic acids is 2. The lowest BCUT2D eigenvalue weighted by Gasteiger charge is -2.05. The average molecular weight is 355 g/mol. The highest BCUT2D eigenvalue weighted by molar-refractivity contribution is 6.31. The number of imidazole rings is 1. The lowest BCUT2D eigenvalue weighted by molar-refractivity contribution is -0.114. The maximum absolute atomic E-state index is 12.1. The molecule has 0 fully saturated rings. The molecule has 2 aromatic heterocycles. The van der Waals surface area contributed by atoms with Gasteiger partial charge in [0.1, 0.15) is 5.65 Å². The molecular weight excluding hydrogens is 340 g/mol. The molecule has 25 heavy (non-hydrogen) atoms. The summed E-state index contributed by atoms with van der Waals surface area (Å²) in [5, 5.41) is 5.73. The third-order valence-corrected chi connectivity index (χ3v) is 3.67. The largest absolute Gasteiger partial charge is 0.326 e. The quantitative estimate of drug-likeness (QED) is 0.703. The third-order valence-electron chi connectivity index (χ3n) is 3.39. The van der Waals surface area contributed by atoms with Gasteiger partial charge < -0.3 is 10.6 Å². The van der Waals surface area contributed by atoms with Crippen LogP contribution in [-0.4, -0.2) is 21.2 Å². The number of nitrogens with one attached hydrogen (secondary N) is 2. The average Bonchev–Trinajstić information content (AvgIpc) is 2.89.